The maximum atomic E-state index is 13.2. The van der Waals surface area contributed by atoms with Gasteiger partial charge in [0.1, 0.15) is 18.2 Å². The number of halogens is 2. The normalized spacial score (nSPS) is 10.6. The molecule has 7 heteroatoms. The largest absolute Gasteiger partial charge is 0.492 e. The molecule has 0 saturated carbocycles. The summed E-state index contributed by atoms with van der Waals surface area (Å²) in [6.07, 6.45) is 3.40. The Labute approximate surface area is 150 Å². The number of benzene rings is 1. The molecule has 26 heavy (non-hydrogen) atoms. The Morgan fingerprint density at radius 2 is 1.92 bits per heavy atom. The van der Waals surface area contributed by atoms with Gasteiger partial charge in [-0.05, 0) is 38.1 Å². The lowest BCUT2D eigenvalue weighted by molar-refractivity contribution is 0.329. The summed E-state index contributed by atoms with van der Waals surface area (Å²) in [4.78, 5) is 13.1. The number of nitrogens with zero attached hydrogens (tertiary/aromatic N) is 3. The highest BCUT2D eigenvalue weighted by Crippen LogP contribution is 2.21. The molecule has 0 amide bonds. The van der Waals surface area contributed by atoms with E-state index in [2.05, 4.69) is 20.3 Å². The predicted octanol–water partition coefficient (Wildman–Crippen LogP) is 3.92. The molecule has 2 aromatic heterocycles. The molecule has 3 aromatic rings. The van der Waals surface area contributed by atoms with Crippen molar-refractivity contribution in [2.45, 2.75) is 13.8 Å². The number of nitrogens with one attached hydrogen (secondary N) is 1. The second kappa shape index (κ2) is 7.86. The number of hydrogen-bond donors (Lipinski definition) is 1. The van der Waals surface area contributed by atoms with Gasteiger partial charge in [0.15, 0.2) is 17.5 Å². The molecule has 0 atom stereocenters. The second-order valence-electron chi connectivity index (χ2n) is 5.70. The van der Waals surface area contributed by atoms with E-state index in [1.165, 1.54) is 6.07 Å². The molecule has 134 valence electrons. The minimum atomic E-state index is -0.932. The molecule has 1 aromatic carbocycles. The van der Waals surface area contributed by atoms with Crippen LogP contribution in [0.3, 0.4) is 0 Å². The zero-order valence-corrected chi connectivity index (χ0v) is 14.5. The lowest BCUT2D eigenvalue weighted by atomic mass is 10.2. The summed E-state index contributed by atoms with van der Waals surface area (Å²) < 4.78 is 31.5. The van der Waals surface area contributed by atoms with E-state index in [4.69, 9.17) is 4.74 Å². The zero-order chi connectivity index (χ0) is 18.5. The second-order valence-corrected chi connectivity index (χ2v) is 5.70. The number of aryl methyl sites for hydroxylation is 1. The summed E-state index contributed by atoms with van der Waals surface area (Å²) in [6.45, 7) is 4.57. The molecule has 0 saturated heterocycles. The van der Waals surface area contributed by atoms with Crippen molar-refractivity contribution in [1.29, 1.82) is 0 Å². The summed E-state index contributed by atoms with van der Waals surface area (Å²) in [5, 5.41) is 3.20. The van der Waals surface area contributed by atoms with Crippen LogP contribution in [-0.2, 0) is 0 Å². The molecule has 0 aliphatic rings. The van der Waals surface area contributed by atoms with Crippen LogP contribution in [0.2, 0.25) is 0 Å². The fourth-order valence-corrected chi connectivity index (χ4v) is 2.33. The van der Waals surface area contributed by atoms with Crippen molar-refractivity contribution in [3.63, 3.8) is 0 Å². The molecular formula is C19H18F2N4O. The molecule has 0 radical (unpaired) electrons. The van der Waals surface area contributed by atoms with E-state index in [0.717, 1.165) is 29.0 Å². The Balaban J connectivity index is 1.65. The van der Waals surface area contributed by atoms with Crippen LogP contribution >= 0.6 is 0 Å². The monoisotopic (exact) mass is 356 g/mol. The highest BCUT2D eigenvalue weighted by atomic mass is 19.2. The highest BCUT2D eigenvalue weighted by Gasteiger charge is 2.10. The smallest absolute Gasteiger partial charge is 0.163 e. The van der Waals surface area contributed by atoms with E-state index in [1.54, 1.807) is 12.4 Å². The number of pyridine rings is 1. The van der Waals surface area contributed by atoms with E-state index in [9.17, 15) is 8.78 Å². The third-order valence-corrected chi connectivity index (χ3v) is 3.86. The average molecular weight is 356 g/mol. The Bertz CT molecular complexity index is 904. The van der Waals surface area contributed by atoms with Gasteiger partial charge in [0.25, 0.3) is 0 Å². The molecule has 2 heterocycles. The fourth-order valence-electron chi connectivity index (χ4n) is 2.33. The number of ether oxygens (including phenoxy) is 1. The minimum Gasteiger partial charge on any atom is -0.492 e. The Kier molecular flexibility index (Phi) is 5.36. The number of anilines is 1. The topological polar surface area (TPSA) is 59.9 Å². The van der Waals surface area contributed by atoms with Gasteiger partial charge in [0, 0.05) is 35.3 Å². The van der Waals surface area contributed by atoms with Gasteiger partial charge >= 0.3 is 0 Å². The molecule has 0 spiro atoms. The van der Waals surface area contributed by atoms with Crippen molar-refractivity contribution in [2.75, 3.05) is 18.5 Å². The lowest BCUT2D eigenvalue weighted by Crippen LogP contribution is -2.14. The van der Waals surface area contributed by atoms with Gasteiger partial charge in [0.05, 0.1) is 6.54 Å². The Morgan fingerprint density at radius 1 is 1.08 bits per heavy atom. The zero-order valence-electron chi connectivity index (χ0n) is 14.5. The summed E-state index contributed by atoms with van der Waals surface area (Å²) in [5.74, 6) is -0.267. The number of hydrogen-bond acceptors (Lipinski definition) is 5. The van der Waals surface area contributed by atoms with E-state index in [0.29, 0.717) is 18.2 Å². The number of rotatable bonds is 6. The van der Waals surface area contributed by atoms with Crippen molar-refractivity contribution in [3.05, 3.63) is 65.6 Å². The van der Waals surface area contributed by atoms with Gasteiger partial charge in [0.2, 0.25) is 0 Å². The van der Waals surface area contributed by atoms with E-state index in [1.807, 2.05) is 26.0 Å². The summed E-state index contributed by atoms with van der Waals surface area (Å²) in [5.41, 5.74) is 2.63. The number of aromatic nitrogens is 3. The summed E-state index contributed by atoms with van der Waals surface area (Å²) in [7, 11) is 0. The molecule has 0 fully saturated rings. The van der Waals surface area contributed by atoms with Crippen LogP contribution in [0, 0.1) is 25.5 Å². The van der Waals surface area contributed by atoms with Crippen LogP contribution in [0.5, 0.6) is 5.75 Å². The lowest BCUT2D eigenvalue weighted by Gasteiger charge is -2.13. The van der Waals surface area contributed by atoms with Gasteiger partial charge in [-0.15, -0.1) is 0 Å². The molecule has 0 aliphatic carbocycles. The molecule has 1 N–H and O–H groups in total. The molecule has 0 aliphatic heterocycles. The van der Waals surface area contributed by atoms with E-state index < -0.39 is 11.6 Å². The summed E-state index contributed by atoms with van der Waals surface area (Å²) >= 11 is 0. The quantitative estimate of drug-likeness (QED) is 0.678. The molecule has 3 rings (SSSR count). The molecular weight excluding hydrogens is 338 g/mol. The van der Waals surface area contributed by atoms with Crippen LogP contribution < -0.4 is 10.1 Å². The van der Waals surface area contributed by atoms with Gasteiger partial charge in [-0.3, -0.25) is 4.98 Å². The van der Waals surface area contributed by atoms with Gasteiger partial charge in [-0.2, -0.15) is 0 Å². The minimum absolute atomic E-state index is 0.274. The third-order valence-electron chi connectivity index (χ3n) is 3.86. The van der Waals surface area contributed by atoms with Crippen LogP contribution in [-0.4, -0.2) is 28.1 Å². The molecule has 5 nitrogen and oxygen atoms in total. The first-order chi connectivity index (χ1) is 12.5. The van der Waals surface area contributed by atoms with Crippen molar-refractivity contribution < 1.29 is 13.5 Å². The van der Waals surface area contributed by atoms with Crippen molar-refractivity contribution in [2.24, 2.45) is 0 Å². The Morgan fingerprint density at radius 3 is 2.65 bits per heavy atom. The highest BCUT2D eigenvalue weighted by molar-refractivity contribution is 5.58. The Hall–Kier alpha value is -3.09. The average Bonchev–Trinajstić information content (AvgIpc) is 2.65. The fraction of sp³-hybridized carbons (Fsp3) is 0.211. The molecule has 0 unspecified atom stereocenters. The maximum absolute atomic E-state index is 13.2. The van der Waals surface area contributed by atoms with Crippen LogP contribution in [0.25, 0.3) is 11.4 Å². The van der Waals surface area contributed by atoms with Gasteiger partial charge in [-0.25, -0.2) is 18.7 Å². The first-order valence-corrected chi connectivity index (χ1v) is 8.12. The van der Waals surface area contributed by atoms with E-state index in [-0.39, 0.29) is 12.4 Å². The van der Waals surface area contributed by atoms with Gasteiger partial charge in [-0.1, -0.05) is 0 Å². The first-order valence-electron chi connectivity index (χ1n) is 8.12. The predicted molar refractivity (Wildman–Crippen MR) is 95.1 cm³/mol. The van der Waals surface area contributed by atoms with E-state index >= 15 is 0 Å². The van der Waals surface area contributed by atoms with Gasteiger partial charge < -0.3 is 10.1 Å². The maximum Gasteiger partial charge on any atom is 0.163 e. The van der Waals surface area contributed by atoms with Crippen LogP contribution in [0.1, 0.15) is 11.3 Å². The summed E-state index contributed by atoms with van der Waals surface area (Å²) in [6, 6.07) is 7.18. The van der Waals surface area contributed by atoms with Crippen LogP contribution in [0.4, 0.5) is 14.6 Å². The van der Waals surface area contributed by atoms with Crippen molar-refractivity contribution in [3.8, 4) is 17.1 Å². The third kappa shape index (κ3) is 4.11. The van der Waals surface area contributed by atoms with Crippen molar-refractivity contribution in [1.82, 2.24) is 15.0 Å². The molecule has 0 bridgehead atoms. The van der Waals surface area contributed by atoms with Crippen LogP contribution in [0.15, 0.2) is 42.7 Å². The SMILES string of the molecule is Cc1nc(-c2cccnc2)nc(NCCOc2ccc(F)c(F)c2)c1C. The van der Waals surface area contributed by atoms with Crippen molar-refractivity contribution >= 4 is 5.82 Å². The first kappa shape index (κ1) is 17.7. The standard InChI is InChI=1S/C19H18F2N4O/c1-12-13(2)24-19(14-4-3-7-22-11-14)25-18(12)23-8-9-26-15-5-6-16(20)17(21)10-15/h3-7,10-11H,8-9H2,1-2H3,(H,23,24,25).